The zero-order chi connectivity index (χ0) is 22.5. The minimum absolute atomic E-state index is 0.0686. The first-order valence-electron chi connectivity index (χ1n) is 9.52. The van der Waals surface area contributed by atoms with Gasteiger partial charge in [-0.25, -0.2) is 9.59 Å². The molecule has 0 unspecified atom stereocenters. The molecule has 30 heavy (non-hydrogen) atoms. The molecule has 12 heteroatoms. The van der Waals surface area contributed by atoms with Crippen molar-refractivity contribution < 1.29 is 57.7 Å². The van der Waals surface area contributed by atoms with Gasteiger partial charge in [-0.3, -0.25) is 0 Å². The van der Waals surface area contributed by atoms with Crippen LogP contribution in [-0.2, 0) is 47.5 Å². The van der Waals surface area contributed by atoms with Gasteiger partial charge in [0.05, 0.1) is 66.1 Å². The molecule has 0 aromatic heterocycles. The minimum atomic E-state index is -2.06. The highest BCUT2D eigenvalue weighted by Gasteiger charge is 2.32. The third-order valence-corrected chi connectivity index (χ3v) is 3.33. The molecular weight excluding hydrogens is 408 g/mol. The number of esters is 2. The van der Waals surface area contributed by atoms with E-state index in [1.165, 1.54) is 0 Å². The first-order valence-corrected chi connectivity index (χ1v) is 9.52. The topological polar surface area (TPSA) is 148 Å². The van der Waals surface area contributed by atoms with Gasteiger partial charge in [0.2, 0.25) is 0 Å². The number of carbonyl (C=O) groups is 2. The number of aliphatic hydroxyl groups excluding tert-OH is 2. The molecule has 0 aromatic carbocycles. The Balaban J connectivity index is 3.69. The van der Waals surface area contributed by atoms with Gasteiger partial charge in [0, 0.05) is 14.2 Å². The van der Waals surface area contributed by atoms with Gasteiger partial charge in [0.25, 0.3) is 0 Å². The van der Waals surface area contributed by atoms with Crippen LogP contribution in [0.2, 0.25) is 0 Å². The summed E-state index contributed by atoms with van der Waals surface area (Å²) in [6, 6.07) is 0. The molecular formula is C18H34O12. The van der Waals surface area contributed by atoms with Crippen molar-refractivity contribution in [1.82, 2.24) is 0 Å². The number of hydrogen-bond acceptors (Lipinski definition) is 12. The average molecular weight is 442 g/mol. The van der Waals surface area contributed by atoms with Crippen LogP contribution in [0.3, 0.4) is 0 Å². The van der Waals surface area contributed by atoms with E-state index in [9.17, 15) is 19.8 Å². The summed E-state index contributed by atoms with van der Waals surface area (Å²) in [6.07, 6.45) is -4.13. The van der Waals surface area contributed by atoms with E-state index in [-0.39, 0.29) is 26.4 Å². The van der Waals surface area contributed by atoms with Crippen LogP contribution in [-0.4, -0.2) is 128 Å². The van der Waals surface area contributed by atoms with Gasteiger partial charge in [0.1, 0.15) is 13.2 Å². The van der Waals surface area contributed by atoms with E-state index < -0.39 is 24.1 Å². The largest absolute Gasteiger partial charge is 0.461 e. The van der Waals surface area contributed by atoms with Crippen molar-refractivity contribution in [3.8, 4) is 0 Å². The molecule has 178 valence electrons. The fourth-order valence-corrected chi connectivity index (χ4v) is 1.76. The summed E-state index contributed by atoms with van der Waals surface area (Å²) in [5.74, 6) is -2.33. The summed E-state index contributed by atoms with van der Waals surface area (Å²) in [5.41, 5.74) is 0. The third kappa shape index (κ3) is 16.4. The monoisotopic (exact) mass is 442 g/mol. The van der Waals surface area contributed by atoms with E-state index in [4.69, 9.17) is 37.9 Å². The zero-order valence-corrected chi connectivity index (χ0v) is 17.6. The Morgan fingerprint density at radius 3 is 1.10 bits per heavy atom. The van der Waals surface area contributed by atoms with Gasteiger partial charge in [-0.2, -0.15) is 0 Å². The molecule has 0 aliphatic heterocycles. The summed E-state index contributed by atoms with van der Waals surface area (Å²) < 4.78 is 39.7. The second-order valence-corrected chi connectivity index (χ2v) is 5.66. The Morgan fingerprint density at radius 2 is 0.800 bits per heavy atom. The molecule has 0 amide bonds. The fourth-order valence-electron chi connectivity index (χ4n) is 1.76. The van der Waals surface area contributed by atoms with Crippen molar-refractivity contribution in [1.29, 1.82) is 0 Å². The van der Waals surface area contributed by atoms with Crippen LogP contribution in [0, 0.1) is 0 Å². The Morgan fingerprint density at radius 1 is 0.533 bits per heavy atom. The SMILES string of the molecule is COCCOCCOCCOC(=O)[C@H](O)[C@@H](O)C(=O)OCCOCCOCCOC. The van der Waals surface area contributed by atoms with E-state index in [0.29, 0.717) is 52.9 Å². The normalized spacial score (nSPS) is 13.1. The molecule has 0 saturated heterocycles. The number of rotatable bonds is 21. The number of hydrogen-bond donors (Lipinski definition) is 2. The minimum Gasteiger partial charge on any atom is -0.461 e. The average Bonchev–Trinajstić information content (AvgIpc) is 2.75. The predicted molar refractivity (Wildman–Crippen MR) is 101 cm³/mol. The quantitative estimate of drug-likeness (QED) is 0.152. The smallest absolute Gasteiger partial charge is 0.338 e. The lowest BCUT2D eigenvalue weighted by Crippen LogP contribution is -2.42. The molecule has 0 radical (unpaired) electrons. The van der Waals surface area contributed by atoms with Crippen LogP contribution in [0.1, 0.15) is 0 Å². The molecule has 0 spiro atoms. The van der Waals surface area contributed by atoms with Gasteiger partial charge in [-0.15, -0.1) is 0 Å². The molecule has 0 heterocycles. The molecule has 0 aliphatic rings. The molecule has 0 bridgehead atoms. The van der Waals surface area contributed by atoms with Gasteiger partial charge in [0.15, 0.2) is 12.2 Å². The molecule has 2 atom stereocenters. The summed E-state index contributed by atoms with van der Waals surface area (Å²) in [4.78, 5) is 23.3. The lowest BCUT2D eigenvalue weighted by molar-refractivity contribution is -0.174. The second-order valence-electron chi connectivity index (χ2n) is 5.66. The standard InChI is InChI=1S/C18H34O12/c1-23-3-5-25-7-9-27-11-13-29-17(21)15(19)16(20)18(22)30-14-12-28-10-8-26-6-4-24-2/h15-16,19-20H,3-14H2,1-2H3/t15-,16-/m1/s1. The van der Waals surface area contributed by atoms with E-state index in [0.717, 1.165) is 0 Å². The van der Waals surface area contributed by atoms with Crippen molar-refractivity contribution in [3.63, 3.8) is 0 Å². The summed E-state index contributed by atoms with van der Waals surface area (Å²) in [5, 5.41) is 19.3. The van der Waals surface area contributed by atoms with Gasteiger partial charge in [-0.1, -0.05) is 0 Å². The maximum atomic E-state index is 11.6. The number of carbonyl (C=O) groups excluding carboxylic acids is 2. The number of ether oxygens (including phenoxy) is 8. The van der Waals surface area contributed by atoms with E-state index in [2.05, 4.69) is 0 Å². The summed E-state index contributed by atoms with van der Waals surface area (Å²) in [7, 11) is 3.13. The molecule has 12 nitrogen and oxygen atoms in total. The summed E-state index contributed by atoms with van der Waals surface area (Å²) >= 11 is 0. The molecule has 2 N–H and O–H groups in total. The van der Waals surface area contributed by atoms with E-state index in [1.807, 2.05) is 0 Å². The van der Waals surface area contributed by atoms with Crippen LogP contribution >= 0.6 is 0 Å². The lowest BCUT2D eigenvalue weighted by Gasteiger charge is -2.16. The third-order valence-electron chi connectivity index (χ3n) is 3.33. The first-order chi connectivity index (χ1) is 14.5. The molecule has 0 rings (SSSR count). The van der Waals surface area contributed by atoms with Crippen LogP contribution < -0.4 is 0 Å². The van der Waals surface area contributed by atoms with Crippen molar-refractivity contribution in [2.45, 2.75) is 12.2 Å². The van der Waals surface area contributed by atoms with E-state index >= 15 is 0 Å². The maximum absolute atomic E-state index is 11.6. The molecule has 0 saturated carbocycles. The highest BCUT2D eigenvalue weighted by molar-refractivity contribution is 5.85. The zero-order valence-electron chi connectivity index (χ0n) is 17.6. The maximum Gasteiger partial charge on any atom is 0.338 e. The predicted octanol–water partition coefficient (Wildman–Crippen LogP) is -1.85. The van der Waals surface area contributed by atoms with Gasteiger partial charge < -0.3 is 48.1 Å². The van der Waals surface area contributed by atoms with Gasteiger partial charge in [-0.05, 0) is 0 Å². The van der Waals surface area contributed by atoms with Crippen LogP contribution in [0.5, 0.6) is 0 Å². The number of methoxy groups -OCH3 is 2. The van der Waals surface area contributed by atoms with Crippen molar-refractivity contribution >= 4 is 11.9 Å². The Bertz CT molecular complexity index is 382. The first kappa shape index (κ1) is 28.6. The second kappa shape index (κ2) is 20.9. The van der Waals surface area contributed by atoms with Crippen molar-refractivity contribution in [2.24, 2.45) is 0 Å². The molecule has 0 fully saturated rings. The van der Waals surface area contributed by atoms with Gasteiger partial charge >= 0.3 is 11.9 Å². The van der Waals surface area contributed by atoms with E-state index in [1.54, 1.807) is 14.2 Å². The highest BCUT2D eigenvalue weighted by atomic mass is 16.6. The van der Waals surface area contributed by atoms with Crippen molar-refractivity contribution in [2.75, 3.05) is 93.5 Å². The highest BCUT2D eigenvalue weighted by Crippen LogP contribution is 2.00. The molecule has 0 aliphatic carbocycles. The lowest BCUT2D eigenvalue weighted by atomic mass is 10.2. The van der Waals surface area contributed by atoms with Crippen molar-refractivity contribution in [3.05, 3.63) is 0 Å². The molecule has 0 aromatic rings. The summed E-state index contributed by atoms with van der Waals surface area (Å²) in [6.45, 7) is 2.98. The number of aliphatic hydroxyl groups is 2. The van der Waals surface area contributed by atoms with Crippen LogP contribution in [0.4, 0.5) is 0 Å². The Labute approximate surface area is 176 Å². The van der Waals surface area contributed by atoms with Crippen LogP contribution in [0.15, 0.2) is 0 Å². The fraction of sp³-hybridized carbons (Fsp3) is 0.889. The Kier molecular flexibility index (Phi) is 19.9. The van der Waals surface area contributed by atoms with Crippen LogP contribution in [0.25, 0.3) is 0 Å². The Hall–Kier alpha value is -1.38.